The van der Waals surface area contributed by atoms with Crippen molar-refractivity contribution in [2.24, 2.45) is 5.92 Å². The molecular formula is C18H26N2O2. The first-order valence-electron chi connectivity index (χ1n) is 7.98. The van der Waals surface area contributed by atoms with Gasteiger partial charge in [0.25, 0.3) is 0 Å². The molecule has 2 heterocycles. The van der Waals surface area contributed by atoms with E-state index in [0.717, 1.165) is 43.1 Å². The predicted molar refractivity (Wildman–Crippen MR) is 88.7 cm³/mol. The second kappa shape index (κ2) is 7.99. The summed E-state index contributed by atoms with van der Waals surface area (Å²) in [6.45, 7) is 9.00. The standard InChI is InChI=1S/C18H26N2O2/c1-14(2)5-4-10-20(13-17-7-6-15(3)22-17)12-16-8-9-19-18(21)11-16/h6-9,11,14H,4-5,10,12-13H2,1-3H3,(H,19,21). The van der Waals surface area contributed by atoms with Gasteiger partial charge in [-0.2, -0.15) is 0 Å². The molecule has 0 aromatic carbocycles. The van der Waals surface area contributed by atoms with Crippen LogP contribution in [0.5, 0.6) is 0 Å². The molecule has 0 aliphatic heterocycles. The van der Waals surface area contributed by atoms with Crippen molar-refractivity contribution in [3.63, 3.8) is 0 Å². The summed E-state index contributed by atoms with van der Waals surface area (Å²) in [7, 11) is 0. The lowest BCUT2D eigenvalue weighted by molar-refractivity contribution is 0.226. The second-order valence-corrected chi connectivity index (χ2v) is 6.32. The second-order valence-electron chi connectivity index (χ2n) is 6.32. The highest BCUT2D eigenvalue weighted by Gasteiger charge is 2.10. The number of nitrogens with zero attached hydrogens (tertiary/aromatic N) is 1. The first-order valence-corrected chi connectivity index (χ1v) is 7.98. The van der Waals surface area contributed by atoms with Crippen molar-refractivity contribution in [1.82, 2.24) is 9.88 Å². The number of pyridine rings is 1. The first-order chi connectivity index (χ1) is 10.5. The van der Waals surface area contributed by atoms with Crippen molar-refractivity contribution in [3.8, 4) is 0 Å². The minimum atomic E-state index is -0.0477. The maximum Gasteiger partial charge on any atom is 0.248 e. The largest absolute Gasteiger partial charge is 0.465 e. The molecule has 4 nitrogen and oxygen atoms in total. The van der Waals surface area contributed by atoms with Crippen LogP contribution in [0.1, 0.15) is 43.8 Å². The Hall–Kier alpha value is -1.81. The molecule has 0 unspecified atom stereocenters. The van der Waals surface area contributed by atoms with Crippen molar-refractivity contribution in [1.29, 1.82) is 0 Å². The molecule has 0 amide bonds. The van der Waals surface area contributed by atoms with Gasteiger partial charge in [-0.1, -0.05) is 13.8 Å². The van der Waals surface area contributed by atoms with Gasteiger partial charge in [0.1, 0.15) is 11.5 Å². The molecule has 4 heteroatoms. The number of hydrogen-bond acceptors (Lipinski definition) is 3. The normalized spacial score (nSPS) is 11.5. The topological polar surface area (TPSA) is 49.2 Å². The van der Waals surface area contributed by atoms with E-state index in [-0.39, 0.29) is 5.56 Å². The van der Waals surface area contributed by atoms with Crippen LogP contribution in [-0.2, 0) is 13.1 Å². The van der Waals surface area contributed by atoms with E-state index in [1.807, 2.05) is 25.1 Å². The summed E-state index contributed by atoms with van der Waals surface area (Å²) >= 11 is 0. The van der Waals surface area contributed by atoms with Gasteiger partial charge < -0.3 is 9.40 Å². The van der Waals surface area contributed by atoms with Crippen molar-refractivity contribution in [3.05, 3.63) is 57.9 Å². The van der Waals surface area contributed by atoms with Crippen LogP contribution in [0.3, 0.4) is 0 Å². The van der Waals surface area contributed by atoms with Crippen LogP contribution in [0.25, 0.3) is 0 Å². The number of nitrogens with one attached hydrogen (secondary N) is 1. The molecule has 0 saturated carbocycles. The molecule has 2 aromatic heterocycles. The van der Waals surface area contributed by atoms with Gasteiger partial charge >= 0.3 is 0 Å². The van der Waals surface area contributed by atoms with Crippen LogP contribution in [0.15, 0.2) is 39.7 Å². The molecule has 0 aliphatic rings. The lowest BCUT2D eigenvalue weighted by Gasteiger charge is -2.21. The third-order valence-electron chi connectivity index (χ3n) is 3.68. The summed E-state index contributed by atoms with van der Waals surface area (Å²) in [5.41, 5.74) is 0.991. The molecule has 120 valence electrons. The quantitative estimate of drug-likeness (QED) is 0.808. The maximum absolute atomic E-state index is 11.4. The first kappa shape index (κ1) is 16.6. The van der Waals surface area contributed by atoms with E-state index >= 15 is 0 Å². The fraction of sp³-hybridized carbons (Fsp3) is 0.500. The Labute approximate surface area is 132 Å². The number of rotatable bonds is 8. The van der Waals surface area contributed by atoms with E-state index in [1.54, 1.807) is 12.3 Å². The van der Waals surface area contributed by atoms with Crippen molar-refractivity contribution >= 4 is 0 Å². The van der Waals surface area contributed by atoms with Crippen LogP contribution in [0.4, 0.5) is 0 Å². The van der Waals surface area contributed by atoms with E-state index in [9.17, 15) is 4.79 Å². The van der Waals surface area contributed by atoms with E-state index in [1.165, 1.54) is 6.42 Å². The Bertz CT molecular complexity index is 628. The molecule has 0 fully saturated rings. The molecule has 0 bridgehead atoms. The lowest BCUT2D eigenvalue weighted by Crippen LogP contribution is -2.24. The summed E-state index contributed by atoms with van der Waals surface area (Å²) < 4.78 is 5.69. The van der Waals surface area contributed by atoms with Crippen LogP contribution >= 0.6 is 0 Å². The zero-order valence-electron chi connectivity index (χ0n) is 13.8. The van der Waals surface area contributed by atoms with Gasteiger partial charge in [-0.15, -0.1) is 0 Å². The number of aromatic amines is 1. The number of H-pyrrole nitrogens is 1. The van der Waals surface area contributed by atoms with Gasteiger partial charge in [-0.3, -0.25) is 9.69 Å². The summed E-state index contributed by atoms with van der Waals surface area (Å²) in [4.78, 5) is 16.5. The molecule has 0 atom stereocenters. The zero-order chi connectivity index (χ0) is 15.9. The molecular weight excluding hydrogens is 276 g/mol. The van der Waals surface area contributed by atoms with Crippen LogP contribution in [-0.4, -0.2) is 16.4 Å². The van der Waals surface area contributed by atoms with Gasteiger partial charge in [-0.05, 0) is 56.0 Å². The van der Waals surface area contributed by atoms with Gasteiger partial charge in [0.05, 0.1) is 6.54 Å². The van der Waals surface area contributed by atoms with E-state index in [2.05, 4.69) is 23.7 Å². The third-order valence-corrected chi connectivity index (χ3v) is 3.68. The SMILES string of the molecule is Cc1ccc(CN(CCCC(C)C)Cc2cc[nH]c(=O)c2)o1. The highest BCUT2D eigenvalue weighted by molar-refractivity contribution is 5.10. The molecule has 2 rings (SSSR count). The fourth-order valence-electron chi connectivity index (χ4n) is 2.57. The molecule has 2 aromatic rings. The highest BCUT2D eigenvalue weighted by Crippen LogP contribution is 2.14. The summed E-state index contributed by atoms with van der Waals surface area (Å²) in [5, 5.41) is 0. The van der Waals surface area contributed by atoms with E-state index in [0.29, 0.717) is 5.92 Å². The van der Waals surface area contributed by atoms with Gasteiger partial charge in [0, 0.05) is 18.8 Å². The summed E-state index contributed by atoms with van der Waals surface area (Å²) in [6, 6.07) is 7.66. The van der Waals surface area contributed by atoms with Crippen molar-refractivity contribution in [2.45, 2.75) is 46.7 Å². The Morgan fingerprint density at radius 2 is 2.05 bits per heavy atom. The third kappa shape index (κ3) is 5.53. The van der Waals surface area contributed by atoms with Crippen LogP contribution < -0.4 is 5.56 Å². The molecule has 0 aliphatic carbocycles. The Morgan fingerprint density at radius 1 is 1.23 bits per heavy atom. The van der Waals surface area contributed by atoms with Gasteiger partial charge in [0.2, 0.25) is 5.56 Å². The summed E-state index contributed by atoms with van der Waals surface area (Å²) in [5.74, 6) is 2.63. The van der Waals surface area contributed by atoms with Gasteiger partial charge in [-0.25, -0.2) is 0 Å². The molecule has 0 radical (unpaired) electrons. The zero-order valence-corrected chi connectivity index (χ0v) is 13.8. The van der Waals surface area contributed by atoms with Gasteiger partial charge in [0.15, 0.2) is 0 Å². The lowest BCUT2D eigenvalue weighted by atomic mass is 10.1. The number of furan rings is 1. The van der Waals surface area contributed by atoms with E-state index in [4.69, 9.17) is 4.42 Å². The number of aryl methyl sites for hydroxylation is 1. The van der Waals surface area contributed by atoms with Crippen molar-refractivity contribution < 1.29 is 4.42 Å². The minimum Gasteiger partial charge on any atom is -0.465 e. The van der Waals surface area contributed by atoms with Crippen molar-refractivity contribution in [2.75, 3.05) is 6.54 Å². The Morgan fingerprint density at radius 3 is 2.68 bits per heavy atom. The van der Waals surface area contributed by atoms with Crippen LogP contribution in [0, 0.1) is 12.8 Å². The monoisotopic (exact) mass is 302 g/mol. The Balaban J connectivity index is 2.01. The van der Waals surface area contributed by atoms with Crippen LogP contribution in [0.2, 0.25) is 0 Å². The maximum atomic E-state index is 11.4. The average molecular weight is 302 g/mol. The molecule has 0 saturated heterocycles. The van der Waals surface area contributed by atoms with E-state index < -0.39 is 0 Å². The molecule has 22 heavy (non-hydrogen) atoms. The smallest absolute Gasteiger partial charge is 0.248 e. The predicted octanol–water partition coefficient (Wildman–Crippen LogP) is 3.71. The molecule has 0 spiro atoms. The summed E-state index contributed by atoms with van der Waals surface area (Å²) in [6.07, 6.45) is 4.07. The number of hydrogen-bond donors (Lipinski definition) is 1. The number of aromatic nitrogens is 1. The average Bonchev–Trinajstić information content (AvgIpc) is 2.83. The highest BCUT2D eigenvalue weighted by atomic mass is 16.3. The fourth-order valence-corrected chi connectivity index (χ4v) is 2.57. The minimum absolute atomic E-state index is 0.0477. The molecule has 1 N–H and O–H groups in total. The Kier molecular flexibility index (Phi) is 6.01.